The molecule has 1 spiro atoms. The van der Waals surface area contributed by atoms with Crippen LogP contribution in [0.1, 0.15) is 36.8 Å². The topological polar surface area (TPSA) is 12.9 Å². The predicted octanol–water partition coefficient (Wildman–Crippen LogP) is 10.7. The first-order chi connectivity index (χ1) is 20.3. The van der Waals surface area contributed by atoms with Gasteiger partial charge in [-0.05, 0) is 80.3 Å². The Morgan fingerprint density at radius 3 is 1.98 bits per heavy atom. The Balaban J connectivity index is 1.42. The third-order valence-corrected chi connectivity index (χ3v) is 9.84. The Morgan fingerprint density at radius 2 is 1.15 bits per heavy atom. The Morgan fingerprint density at radius 1 is 0.488 bits per heavy atom. The molecule has 1 nitrogen and oxygen atoms in total. The summed E-state index contributed by atoms with van der Waals surface area (Å²) in [5, 5.41) is 6.28. The maximum atomic E-state index is 5.01. The van der Waals surface area contributed by atoms with Gasteiger partial charge in [-0.25, -0.2) is 0 Å². The molecule has 9 rings (SSSR count). The van der Waals surface area contributed by atoms with Crippen LogP contribution >= 0.6 is 0 Å². The molecule has 2 aliphatic carbocycles. The molecule has 0 aliphatic heterocycles. The third-order valence-electron chi connectivity index (χ3n) is 9.84. The standard InChI is InChI=1S/C40H29N/c1-2-12-26(13-3-1)38-31-16-5-4-15-30(31)37(33-25-41-36-19-9-7-17-32(36)39(33)38)27-20-21-29-28-14-6-8-18-34(28)40(35(29)24-27)22-10-11-23-40/h1-9,12-21,24-25H,10-11,22-23H2. The second kappa shape index (κ2) is 8.62. The number of fused-ring (bicyclic) bond motifs is 9. The average molecular weight is 524 g/mol. The van der Waals surface area contributed by atoms with Crippen LogP contribution in [0.3, 0.4) is 0 Å². The number of para-hydroxylation sites is 1. The molecule has 1 saturated carbocycles. The molecule has 1 heteroatoms. The van der Waals surface area contributed by atoms with Gasteiger partial charge in [0, 0.05) is 27.8 Å². The van der Waals surface area contributed by atoms with Gasteiger partial charge in [0.1, 0.15) is 0 Å². The van der Waals surface area contributed by atoms with E-state index in [-0.39, 0.29) is 5.41 Å². The second-order valence-corrected chi connectivity index (χ2v) is 11.8. The van der Waals surface area contributed by atoms with Gasteiger partial charge in [-0.15, -0.1) is 0 Å². The van der Waals surface area contributed by atoms with Crippen LogP contribution in [-0.2, 0) is 5.41 Å². The van der Waals surface area contributed by atoms with Crippen LogP contribution in [0.4, 0.5) is 0 Å². The minimum absolute atomic E-state index is 0.141. The predicted molar refractivity (Wildman–Crippen MR) is 172 cm³/mol. The fourth-order valence-electron chi connectivity index (χ4n) is 8.14. The van der Waals surface area contributed by atoms with Crippen molar-refractivity contribution < 1.29 is 0 Å². The van der Waals surface area contributed by atoms with Crippen molar-refractivity contribution in [3.05, 3.63) is 139 Å². The van der Waals surface area contributed by atoms with Gasteiger partial charge >= 0.3 is 0 Å². The van der Waals surface area contributed by atoms with Crippen LogP contribution in [-0.4, -0.2) is 4.98 Å². The molecule has 194 valence electrons. The molecule has 6 aromatic carbocycles. The van der Waals surface area contributed by atoms with E-state index in [4.69, 9.17) is 4.98 Å². The Kier molecular flexibility index (Phi) is 4.84. The lowest BCUT2D eigenvalue weighted by Gasteiger charge is -2.27. The van der Waals surface area contributed by atoms with Gasteiger partial charge in [0.25, 0.3) is 0 Å². The molecule has 0 amide bonds. The smallest absolute Gasteiger partial charge is 0.0708 e. The SMILES string of the molecule is c1ccc(-c2c3ccccc3c(-c3ccc4c(c3)C3(CCCC3)c3ccccc3-4)c3cnc4ccccc4c23)cc1. The minimum atomic E-state index is 0.141. The van der Waals surface area contributed by atoms with E-state index < -0.39 is 0 Å². The van der Waals surface area contributed by atoms with Crippen molar-refractivity contribution in [2.75, 3.05) is 0 Å². The normalized spacial score (nSPS) is 15.1. The number of hydrogen-bond donors (Lipinski definition) is 0. The molecule has 0 radical (unpaired) electrons. The van der Waals surface area contributed by atoms with Gasteiger partial charge < -0.3 is 0 Å². The first-order valence-electron chi connectivity index (χ1n) is 14.9. The summed E-state index contributed by atoms with van der Waals surface area (Å²) in [5.74, 6) is 0. The molecule has 1 aromatic heterocycles. The quantitative estimate of drug-likeness (QED) is 0.162. The summed E-state index contributed by atoms with van der Waals surface area (Å²) in [4.78, 5) is 5.01. The summed E-state index contributed by atoms with van der Waals surface area (Å²) in [6.07, 6.45) is 7.19. The zero-order chi connectivity index (χ0) is 27.0. The van der Waals surface area contributed by atoms with E-state index in [0.29, 0.717) is 0 Å². The van der Waals surface area contributed by atoms with Crippen molar-refractivity contribution in [2.45, 2.75) is 31.1 Å². The monoisotopic (exact) mass is 523 g/mol. The summed E-state index contributed by atoms with van der Waals surface area (Å²) >= 11 is 0. The molecule has 0 unspecified atom stereocenters. The van der Waals surface area contributed by atoms with Crippen molar-refractivity contribution in [1.29, 1.82) is 0 Å². The van der Waals surface area contributed by atoms with Gasteiger partial charge in [-0.1, -0.05) is 122 Å². The molecule has 1 heterocycles. The van der Waals surface area contributed by atoms with Crippen LogP contribution in [0, 0.1) is 0 Å². The van der Waals surface area contributed by atoms with Crippen molar-refractivity contribution in [2.24, 2.45) is 0 Å². The van der Waals surface area contributed by atoms with E-state index >= 15 is 0 Å². The number of benzene rings is 6. The van der Waals surface area contributed by atoms with Gasteiger partial charge in [-0.2, -0.15) is 0 Å². The Bertz CT molecular complexity index is 2150. The maximum Gasteiger partial charge on any atom is 0.0708 e. The van der Waals surface area contributed by atoms with Crippen LogP contribution in [0.2, 0.25) is 0 Å². The Labute approximate surface area is 240 Å². The highest BCUT2D eigenvalue weighted by Gasteiger charge is 2.44. The molecule has 0 atom stereocenters. The molecule has 0 saturated heterocycles. The molecule has 7 aromatic rings. The average Bonchev–Trinajstić information content (AvgIpc) is 3.64. The summed E-state index contributed by atoms with van der Waals surface area (Å²) in [5.41, 5.74) is 12.2. The lowest BCUT2D eigenvalue weighted by Crippen LogP contribution is -2.20. The fourth-order valence-corrected chi connectivity index (χ4v) is 8.14. The van der Waals surface area contributed by atoms with Gasteiger partial charge in [0.2, 0.25) is 0 Å². The molecular formula is C40H29N. The lowest BCUT2D eigenvalue weighted by molar-refractivity contribution is 0.550. The third kappa shape index (κ3) is 3.15. The Hall–Kier alpha value is -4.75. The highest BCUT2D eigenvalue weighted by Crippen LogP contribution is 2.58. The first kappa shape index (κ1) is 23.0. The van der Waals surface area contributed by atoms with E-state index in [9.17, 15) is 0 Å². The number of nitrogens with zero attached hydrogens (tertiary/aromatic N) is 1. The second-order valence-electron chi connectivity index (χ2n) is 11.8. The fraction of sp³-hybridized carbons (Fsp3) is 0.125. The van der Waals surface area contributed by atoms with Gasteiger partial charge in [0.05, 0.1) is 5.52 Å². The summed E-state index contributed by atoms with van der Waals surface area (Å²) in [6.45, 7) is 0. The zero-order valence-corrected chi connectivity index (χ0v) is 22.9. The molecule has 0 bridgehead atoms. The zero-order valence-electron chi connectivity index (χ0n) is 22.9. The molecular weight excluding hydrogens is 494 g/mol. The van der Waals surface area contributed by atoms with Gasteiger partial charge in [-0.3, -0.25) is 4.98 Å². The van der Waals surface area contributed by atoms with E-state index in [0.717, 1.165) is 5.52 Å². The van der Waals surface area contributed by atoms with E-state index in [1.807, 2.05) is 0 Å². The van der Waals surface area contributed by atoms with Crippen LogP contribution in [0.15, 0.2) is 128 Å². The highest BCUT2D eigenvalue weighted by atomic mass is 14.7. The van der Waals surface area contributed by atoms with E-state index in [2.05, 4.69) is 128 Å². The van der Waals surface area contributed by atoms with Crippen LogP contribution in [0.5, 0.6) is 0 Å². The summed E-state index contributed by atoms with van der Waals surface area (Å²) in [6, 6.07) is 44.9. The molecule has 0 N–H and O–H groups in total. The molecule has 1 fully saturated rings. The largest absolute Gasteiger partial charge is 0.256 e. The van der Waals surface area contributed by atoms with Crippen molar-refractivity contribution in [3.8, 4) is 33.4 Å². The summed E-state index contributed by atoms with van der Waals surface area (Å²) < 4.78 is 0. The number of pyridine rings is 1. The minimum Gasteiger partial charge on any atom is -0.256 e. The van der Waals surface area contributed by atoms with Gasteiger partial charge in [0.15, 0.2) is 0 Å². The number of rotatable bonds is 2. The summed E-state index contributed by atoms with van der Waals surface area (Å²) in [7, 11) is 0. The van der Waals surface area contributed by atoms with E-state index in [1.165, 1.54) is 97.1 Å². The highest BCUT2D eigenvalue weighted by molar-refractivity contribution is 6.27. The molecule has 41 heavy (non-hydrogen) atoms. The van der Waals surface area contributed by atoms with E-state index in [1.54, 1.807) is 0 Å². The lowest BCUT2D eigenvalue weighted by atomic mass is 9.76. The molecule has 2 aliphatic rings. The first-order valence-corrected chi connectivity index (χ1v) is 14.9. The van der Waals surface area contributed by atoms with Crippen LogP contribution < -0.4 is 0 Å². The maximum absolute atomic E-state index is 5.01. The van der Waals surface area contributed by atoms with Crippen LogP contribution in [0.25, 0.3) is 65.8 Å². The number of aromatic nitrogens is 1. The number of hydrogen-bond acceptors (Lipinski definition) is 1. The van der Waals surface area contributed by atoms with Crippen molar-refractivity contribution in [1.82, 2.24) is 4.98 Å². The van der Waals surface area contributed by atoms with Crippen molar-refractivity contribution in [3.63, 3.8) is 0 Å². The van der Waals surface area contributed by atoms with Crippen molar-refractivity contribution >= 4 is 32.4 Å².